The lowest BCUT2D eigenvalue weighted by Gasteiger charge is -2.16. The standard InChI is InChI=1S/C15H17N3O3S/c1-10(19)22-9-11-7-14(20)18(8-11)6-5-12-3-2-4-13-15(12)17-21-16-13/h2-4,11H,5-9H2,1H3. The molecule has 0 radical (unpaired) electrons. The summed E-state index contributed by atoms with van der Waals surface area (Å²) in [6.07, 6.45) is 1.26. The Bertz CT molecular complexity index is 700. The van der Waals surface area contributed by atoms with Gasteiger partial charge in [-0.05, 0) is 34.3 Å². The number of aromatic nitrogens is 2. The molecule has 1 fully saturated rings. The summed E-state index contributed by atoms with van der Waals surface area (Å²) in [6, 6.07) is 5.75. The topological polar surface area (TPSA) is 76.3 Å². The number of amides is 1. The molecular weight excluding hydrogens is 302 g/mol. The summed E-state index contributed by atoms with van der Waals surface area (Å²) < 4.78 is 4.75. The van der Waals surface area contributed by atoms with Crippen LogP contribution < -0.4 is 0 Å². The molecule has 1 atom stereocenters. The van der Waals surface area contributed by atoms with E-state index in [1.54, 1.807) is 6.92 Å². The predicted molar refractivity (Wildman–Crippen MR) is 83.3 cm³/mol. The molecule has 22 heavy (non-hydrogen) atoms. The molecule has 7 heteroatoms. The highest BCUT2D eigenvalue weighted by Crippen LogP contribution is 2.23. The van der Waals surface area contributed by atoms with Crippen molar-refractivity contribution in [3.63, 3.8) is 0 Å². The first-order chi connectivity index (χ1) is 10.6. The molecule has 1 unspecified atom stereocenters. The molecule has 2 heterocycles. The Labute approximate surface area is 132 Å². The number of carbonyl (C=O) groups excluding carboxylic acids is 2. The molecule has 2 aromatic rings. The highest BCUT2D eigenvalue weighted by molar-refractivity contribution is 8.13. The van der Waals surface area contributed by atoms with E-state index in [0.29, 0.717) is 13.0 Å². The molecule has 116 valence electrons. The lowest BCUT2D eigenvalue weighted by Crippen LogP contribution is -2.27. The maximum Gasteiger partial charge on any atom is 0.222 e. The van der Waals surface area contributed by atoms with Gasteiger partial charge in [0.25, 0.3) is 0 Å². The van der Waals surface area contributed by atoms with Gasteiger partial charge in [-0.15, -0.1) is 0 Å². The highest BCUT2D eigenvalue weighted by atomic mass is 32.2. The van der Waals surface area contributed by atoms with Crippen LogP contribution in [-0.4, -0.2) is 45.1 Å². The van der Waals surface area contributed by atoms with Gasteiger partial charge in [-0.2, -0.15) is 0 Å². The van der Waals surface area contributed by atoms with E-state index in [0.717, 1.165) is 35.3 Å². The third-order valence-corrected chi connectivity index (χ3v) is 4.88. The van der Waals surface area contributed by atoms with E-state index in [9.17, 15) is 9.59 Å². The number of hydrogen-bond donors (Lipinski definition) is 0. The Hall–Kier alpha value is -1.89. The fourth-order valence-corrected chi connectivity index (χ4v) is 3.43. The fourth-order valence-electron chi connectivity index (χ4n) is 2.74. The van der Waals surface area contributed by atoms with E-state index >= 15 is 0 Å². The van der Waals surface area contributed by atoms with Crippen LogP contribution in [0.25, 0.3) is 11.0 Å². The first-order valence-corrected chi connectivity index (χ1v) is 8.23. The Kier molecular flexibility index (Phi) is 4.42. The van der Waals surface area contributed by atoms with E-state index in [2.05, 4.69) is 10.3 Å². The van der Waals surface area contributed by atoms with Gasteiger partial charge >= 0.3 is 0 Å². The lowest BCUT2D eigenvalue weighted by molar-refractivity contribution is -0.127. The minimum absolute atomic E-state index is 0.108. The Morgan fingerprint density at radius 1 is 1.45 bits per heavy atom. The van der Waals surface area contributed by atoms with Gasteiger partial charge in [-0.25, -0.2) is 4.63 Å². The average Bonchev–Trinajstić information content (AvgIpc) is 3.09. The molecule has 3 rings (SSSR count). The molecule has 1 saturated heterocycles. The van der Waals surface area contributed by atoms with Crippen LogP contribution in [-0.2, 0) is 16.0 Å². The van der Waals surface area contributed by atoms with Gasteiger partial charge in [0.05, 0.1) is 0 Å². The van der Waals surface area contributed by atoms with Gasteiger partial charge in [0.2, 0.25) is 5.91 Å². The van der Waals surface area contributed by atoms with Crippen LogP contribution >= 0.6 is 11.8 Å². The Balaban J connectivity index is 1.58. The smallest absolute Gasteiger partial charge is 0.222 e. The average molecular weight is 319 g/mol. The first kappa shape index (κ1) is 15.0. The van der Waals surface area contributed by atoms with E-state index in [1.807, 2.05) is 23.1 Å². The van der Waals surface area contributed by atoms with Crippen molar-refractivity contribution in [3.8, 4) is 0 Å². The molecule has 0 spiro atoms. The summed E-state index contributed by atoms with van der Waals surface area (Å²) in [5.41, 5.74) is 2.53. The number of fused-ring (bicyclic) bond motifs is 1. The maximum atomic E-state index is 12.0. The van der Waals surface area contributed by atoms with E-state index in [-0.39, 0.29) is 16.9 Å². The molecule has 0 N–H and O–H groups in total. The largest absolute Gasteiger partial charge is 0.342 e. The van der Waals surface area contributed by atoms with Crippen molar-refractivity contribution in [2.75, 3.05) is 18.8 Å². The quantitative estimate of drug-likeness (QED) is 0.837. The molecule has 1 aromatic carbocycles. The van der Waals surface area contributed by atoms with Crippen molar-refractivity contribution in [2.24, 2.45) is 5.92 Å². The van der Waals surface area contributed by atoms with Crippen LogP contribution in [0, 0.1) is 5.92 Å². The van der Waals surface area contributed by atoms with E-state index in [1.165, 1.54) is 11.8 Å². The van der Waals surface area contributed by atoms with Crippen LogP contribution in [0.2, 0.25) is 0 Å². The van der Waals surface area contributed by atoms with Crippen molar-refractivity contribution < 1.29 is 14.2 Å². The predicted octanol–water partition coefficient (Wildman–Crippen LogP) is 1.89. The zero-order valence-electron chi connectivity index (χ0n) is 12.3. The summed E-state index contributed by atoms with van der Waals surface area (Å²) >= 11 is 1.30. The van der Waals surface area contributed by atoms with Crippen LogP contribution in [0.3, 0.4) is 0 Å². The van der Waals surface area contributed by atoms with Crippen molar-refractivity contribution in [3.05, 3.63) is 23.8 Å². The summed E-state index contributed by atoms with van der Waals surface area (Å²) in [5.74, 6) is 1.16. The third kappa shape index (κ3) is 3.30. The number of likely N-dealkylation sites (tertiary alicyclic amines) is 1. The first-order valence-electron chi connectivity index (χ1n) is 7.25. The second-order valence-electron chi connectivity index (χ2n) is 5.51. The molecule has 1 aliphatic rings. The van der Waals surface area contributed by atoms with Crippen molar-refractivity contribution in [1.82, 2.24) is 15.2 Å². The van der Waals surface area contributed by atoms with Gasteiger partial charge in [-0.3, -0.25) is 9.59 Å². The minimum atomic E-state index is 0.108. The van der Waals surface area contributed by atoms with Crippen LogP contribution in [0.4, 0.5) is 0 Å². The monoisotopic (exact) mass is 319 g/mol. The van der Waals surface area contributed by atoms with Crippen molar-refractivity contribution >= 4 is 33.8 Å². The number of benzene rings is 1. The number of hydrogen-bond acceptors (Lipinski definition) is 6. The van der Waals surface area contributed by atoms with Crippen LogP contribution in [0.1, 0.15) is 18.9 Å². The maximum absolute atomic E-state index is 12.0. The SMILES string of the molecule is CC(=O)SCC1CC(=O)N(CCc2cccc3nonc23)C1. The highest BCUT2D eigenvalue weighted by Gasteiger charge is 2.29. The summed E-state index contributed by atoms with van der Waals surface area (Å²) in [7, 11) is 0. The third-order valence-electron chi connectivity index (χ3n) is 3.84. The molecule has 6 nitrogen and oxygen atoms in total. The lowest BCUT2D eigenvalue weighted by atomic mass is 10.1. The number of thioether (sulfide) groups is 1. The van der Waals surface area contributed by atoms with Crippen LogP contribution in [0.15, 0.2) is 22.8 Å². The number of carbonyl (C=O) groups is 2. The van der Waals surface area contributed by atoms with Gasteiger partial charge in [0.15, 0.2) is 5.12 Å². The van der Waals surface area contributed by atoms with E-state index in [4.69, 9.17) is 4.63 Å². The zero-order chi connectivity index (χ0) is 15.5. The molecule has 0 aliphatic carbocycles. The van der Waals surface area contributed by atoms with Crippen molar-refractivity contribution in [1.29, 1.82) is 0 Å². The van der Waals surface area contributed by atoms with Gasteiger partial charge in [0, 0.05) is 32.2 Å². The zero-order valence-corrected chi connectivity index (χ0v) is 13.1. The molecule has 1 aliphatic heterocycles. The second kappa shape index (κ2) is 6.48. The Morgan fingerprint density at radius 3 is 3.14 bits per heavy atom. The molecule has 1 amide bonds. The molecule has 1 aromatic heterocycles. The summed E-state index contributed by atoms with van der Waals surface area (Å²) in [5, 5.41) is 7.85. The molecular formula is C15H17N3O3S. The summed E-state index contributed by atoms with van der Waals surface area (Å²) in [6.45, 7) is 2.95. The fraction of sp³-hybridized carbons (Fsp3) is 0.467. The number of rotatable bonds is 5. The molecule has 0 bridgehead atoms. The van der Waals surface area contributed by atoms with Crippen molar-refractivity contribution in [2.45, 2.75) is 19.8 Å². The number of nitrogens with zero attached hydrogens (tertiary/aromatic N) is 3. The van der Waals surface area contributed by atoms with Crippen LogP contribution in [0.5, 0.6) is 0 Å². The van der Waals surface area contributed by atoms with E-state index < -0.39 is 0 Å². The minimum Gasteiger partial charge on any atom is -0.342 e. The molecule has 0 saturated carbocycles. The van der Waals surface area contributed by atoms with Gasteiger partial charge < -0.3 is 4.90 Å². The summed E-state index contributed by atoms with van der Waals surface area (Å²) in [4.78, 5) is 24.9. The van der Waals surface area contributed by atoms with Gasteiger partial charge in [-0.1, -0.05) is 23.9 Å². The Morgan fingerprint density at radius 2 is 2.32 bits per heavy atom. The second-order valence-corrected chi connectivity index (χ2v) is 6.71. The normalized spacial score (nSPS) is 18.3. The van der Waals surface area contributed by atoms with Gasteiger partial charge in [0.1, 0.15) is 11.0 Å².